The summed E-state index contributed by atoms with van der Waals surface area (Å²) in [6.07, 6.45) is 5.87. The molecule has 4 aliphatic heterocycles. The van der Waals surface area contributed by atoms with E-state index in [1.165, 1.54) is 7.11 Å². The second-order valence-corrected chi connectivity index (χ2v) is 17.3. The highest BCUT2D eigenvalue weighted by molar-refractivity contribution is 7.90. The molecular formula is C43H48N4O8S. The third-order valence-corrected chi connectivity index (χ3v) is 12.3. The van der Waals surface area contributed by atoms with Crippen LogP contribution in [0.15, 0.2) is 60.7 Å². The highest BCUT2D eigenvalue weighted by atomic mass is 32.2. The summed E-state index contributed by atoms with van der Waals surface area (Å²) in [5, 5.41) is 2.44. The molecule has 0 bridgehead atoms. The van der Waals surface area contributed by atoms with Crippen molar-refractivity contribution in [1.29, 1.82) is 0 Å². The molecular weight excluding hydrogens is 733 g/mol. The zero-order chi connectivity index (χ0) is 39.6. The molecule has 4 heterocycles. The Labute approximate surface area is 328 Å². The van der Waals surface area contributed by atoms with Crippen LogP contribution < -0.4 is 19.7 Å². The molecule has 13 heteroatoms. The largest absolute Gasteiger partial charge is 0.493 e. The summed E-state index contributed by atoms with van der Waals surface area (Å²) in [6.45, 7) is 5.73. The Bertz CT molecular complexity index is 2200. The van der Waals surface area contributed by atoms with Gasteiger partial charge in [0.25, 0.3) is 11.8 Å². The first-order valence-corrected chi connectivity index (χ1v) is 21.4. The number of nitrogens with zero attached hydrogens (tertiary/aromatic N) is 3. The fourth-order valence-corrected chi connectivity index (χ4v) is 9.35. The quantitative estimate of drug-likeness (QED) is 0.227. The van der Waals surface area contributed by atoms with Gasteiger partial charge in [-0.1, -0.05) is 30.0 Å². The summed E-state index contributed by atoms with van der Waals surface area (Å²) >= 11 is 0. The lowest BCUT2D eigenvalue weighted by atomic mass is 9.89. The summed E-state index contributed by atoms with van der Waals surface area (Å²) in [7, 11) is -2.10. The molecule has 1 unspecified atom stereocenters. The minimum atomic E-state index is -3.61. The fraction of sp³-hybridized carbons (Fsp3) is 0.442. The minimum absolute atomic E-state index is 0.217. The zero-order valence-electron chi connectivity index (χ0n) is 32.1. The van der Waals surface area contributed by atoms with Gasteiger partial charge in [-0.15, -0.1) is 0 Å². The standard InChI is InChI=1S/C43H48N4O8S/c1-4-55-39-25-31(10-14-38(39)54-2)37(27-56(3,52)53)47-42(50)35-12-11-33(26-36(35)43(47)51)46-22-18-32(19-23-46)45-20-16-28(17-21-45)8-9-29-6-5-7-30(24-29)34-13-15-40(48)44-41(34)49/h5-7,10-12,14,24-26,28,32,34,37H,4,13,15-23,27H2,1-3H3,(H,44,48,49)/t34?,37-/m1/s1. The number of anilines is 1. The summed E-state index contributed by atoms with van der Waals surface area (Å²) in [5.74, 6) is 5.73. The molecule has 4 amide bonds. The van der Waals surface area contributed by atoms with E-state index in [1.54, 1.807) is 30.3 Å². The summed E-state index contributed by atoms with van der Waals surface area (Å²) in [5.41, 5.74) is 3.64. The van der Waals surface area contributed by atoms with Gasteiger partial charge in [0, 0.05) is 49.0 Å². The van der Waals surface area contributed by atoms with Gasteiger partial charge in [0.15, 0.2) is 11.5 Å². The number of amides is 4. The number of nitrogens with one attached hydrogen (secondary N) is 1. The number of piperidine rings is 3. The smallest absolute Gasteiger partial charge is 0.262 e. The van der Waals surface area contributed by atoms with E-state index in [4.69, 9.17) is 9.47 Å². The van der Waals surface area contributed by atoms with Crippen molar-refractivity contribution >= 4 is 39.2 Å². The van der Waals surface area contributed by atoms with E-state index in [2.05, 4.69) is 27.0 Å². The van der Waals surface area contributed by atoms with Crippen molar-refractivity contribution in [2.24, 2.45) is 5.92 Å². The number of hydrogen-bond acceptors (Lipinski definition) is 10. The van der Waals surface area contributed by atoms with Crippen LogP contribution in [0.1, 0.15) is 94.8 Å². The maximum Gasteiger partial charge on any atom is 0.262 e. The Morgan fingerprint density at radius 3 is 2.30 bits per heavy atom. The number of sulfone groups is 1. The number of rotatable bonds is 10. The molecule has 3 saturated heterocycles. The Hall–Kier alpha value is -5.19. The maximum atomic E-state index is 14.0. The molecule has 7 rings (SSSR count). The van der Waals surface area contributed by atoms with Gasteiger partial charge in [0.05, 0.1) is 42.6 Å². The molecule has 4 aliphatic rings. The maximum absolute atomic E-state index is 14.0. The number of carbonyl (C=O) groups is 4. The van der Waals surface area contributed by atoms with Crippen LogP contribution in [-0.4, -0.2) is 99.8 Å². The van der Waals surface area contributed by atoms with Crippen LogP contribution in [0.25, 0.3) is 0 Å². The van der Waals surface area contributed by atoms with Gasteiger partial charge < -0.3 is 19.3 Å². The number of carbonyl (C=O) groups excluding carboxylic acids is 4. The average Bonchev–Trinajstić information content (AvgIpc) is 3.44. The average molecular weight is 781 g/mol. The van der Waals surface area contributed by atoms with Crippen LogP contribution in [0, 0.1) is 17.8 Å². The highest BCUT2D eigenvalue weighted by Gasteiger charge is 2.42. The zero-order valence-corrected chi connectivity index (χ0v) is 32.9. The van der Waals surface area contributed by atoms with Gasteiger partial charge in [-0.25, -0.2) is 8.42 Å². The van der Waals surface area contributed by atoms with Crippen molar-refractivity contribution < 1.29 is 37.1 Å². The number of likely N-dealkylation sites (tertiary alicyclic amines) is 1. The van der Waals surface area contributed by atoms with E-state index in [-0.39, 0.29) is 28.9 Å². The number of imide groups is 2. The van der Waals surface area contributed by atoms with Crippen molar-refractivity contribution in [2.75, 3.05) is 56.8 Å². The summed E-state index contributed by atoms with van der Waals surface area (Å²) in [6, 6.07) is 17.5. The number of benzene rings is 3. The van der Waals surface area contributed by atoms with Gasteiger partial charge in [-0.2, -0.15) is 0 Å². The molecule has 0 saturated carbocycles. The van der Waals surface area contributed by atoms with Crippen LogP contribution in [0.4, 0.5) is 5.69 Å². The van der Waals surface area contributed by atoms with Crippen LogP contribution in [0.5, 0.6) is 11.5 Å². The van der Waals surface area contributed by atoms with E-state index >= 15 is 0 Å². The van der Waals surface area contributed by atoms with Gasteiger partial charge in [0.2, 0.25) is 11.8 Å². The van der Waals surface area contributed by atoms with Crippen molar-refractivity contribution in [1.82, 2.24) is 15.1 Å². The number of methoxy groups -OCH3 is 1. The molecule has 0 spiro atoms. The fourth-order valence-electron chi connectivity index (χ4n) is 8.43. The molecule has 3 aromatic rings. The SMILES string of the molecule is CCOc1cc([C@@H](CS(C)(=O)=O)N2C(=O)c3ccc(N4CCC(N5CCC(C#Cc6cccc(C7CCC(=O)NC7=O)c6)CC5)CC4)cc3C2=O)ccc1OC. The molecule has 56 heavy (non-hydrogen) atoms. The van der Waals surface area contributed by atoms with E-state index in [9.17, 15) is 27.6 Å². The second kappa shape index (κ2) is 16.5. The number of fused-ring (bicyclic) bond motifs is 1. The lowest BCUT2D eigenvalue weighted by molar-refractivity contribution is -0.134. The Balaban J connectivity index is 0.962. The van der Waals surface area contributed by atoms with Gasteiger partial charge in [-0.05, 0) is 106 Å². The molecule has 3 aromatic carbocycles. The first-order valence-electron chi connectivity index (χ1n) is 19.4. The second-order valence-electron chi connectivity index (χ2n) is 15.1. The van der Waals surface area contributed by atoms with Crippen LogP contribution in [-0.2, 0) is 19.4 Å². The van der Waals surface area contributed by atoms with E-state index in [0.717, 1.165) is 79.8 Å². The first kappa shape index (κ1) is 39.1. The Kier molecular flexibility index (Phi) is 11.5. The molecule has 294 valence electrons. The highest BCUT2D eigenvalue weighted by Crippen LogP contribution is 2.38. The minimum Gasteiger partial charge on any atom is -0.493 e. The van der Waals surface area contributed by atoms with E-state index in [0.29, 0.717) is 48.5 Å². The Morgan fingerprint density at radius 1 is 0.857 bits per heavy atom. The third kappa shape index (κ3) is 8.46. The van der Waals surface area contributed by atoms with Gasteiger partial charge >= 0.3 is 0 Å². The number of ether oxygens (including phenoxy) is 2. The topological polar surface area (TPSA) is 143 Å². The van der Waals surface area contributed by atoms with E-state index in [1.807, 2.05) is 37.3 Å². The molecule has 0 aliphatic carbocycles. The predicted octanol–water partition coefficient (Wildman–Crippen LogP) is 4.73. The Morgan fingerprint density at radius 2 is 1.61 bits per heavy atom. The number of hydrogen-bond donors (Lipinski definition) is 1. The first-order chi connectivity index (χ1) is 26.9. The van der Waals surface area contributed by atoms with Gasteiger partial charge in [-0.3, -0.25) is 29.4 Å². The lowest BCUT2D eigenvalue weighted by Crippen LogP contribution is -2.47. The molecule has 12 nitrogen and oxygen atoms in total. The van der Waals surface area contributed by atoms with Gasteiger partial charge in [0.1, 0.15) is 9.84 Å². The van der Waals surface area contributed by atoms with Crippen molar-refractivity contribution in [3.63, 3.8) is 0 Å². The van der Waals surface area contributed by atoms with Crippen molar-refractivity contribution in [3.05, 3.63) is 88.5 Å². The molecule has 1 N–H and O–H groups in total. The predicted molar refractivity (Wildman–Crippen MR) is 212 cm³/mol. The lowest BCUT2D eigenvalue weighted by Gasteiger charge is -2.42. The van der Waals surface area contributed by atoms with Crippen molar-refractivity contribution in [3.8, 4) is 23.3 Å². The third-order valence-electron chi connectivity index (χ3n) is 11.4. The van der Waals surface area contributed by atoms with Crippen LogP contribution in [0.2, 0.25) is 0 Å². The monoisotopic (exact) mass is 780 g/mol. The summed E-state index contributed by atoms with van der Waals surface area (Å²) in [4.78, 5) is 57.6. The van der Waals surface area contributed by atoms with Crippen LogP contribution >= 0.6 is 0 Å². The molecule has 0 radical (unpaired) electrons. The normalized spacial score (nSPS) is 20.3. The molecule has 3 fully saturated rings. The van der Waals surface area contributed by atoms with E-state index < -0.39 is 33.4 Å². The van der Waals surface area contributed by atoms with Crippen molar-refractivity contribution in [2.45, 2.75) is 63.5 Å². The molecule has 0 aromatic heterocycles. The summed E-state index contributed by atoms with van der Waals surface area (Å²) < 4.78 is 36.4. The van der Waals surface area contributed by atoms with Crippen LogP contribution in [0.3, 0.4) is 0 Å². The molecule has 2 atom stereocenters.